The van der Waals surface area contributed by atoms with Gasteiger partial charge in [0.15, 0.2) is 5.72 Å². The van der Waals surface area contributed by atoms with E-state index in [1.807, 2.05) is 37.3 Å². The van der Waals surface area contributed by atoms with Crippen molar-refractivity contribution < 1.29 is 19.1 Å². The van der Waals surface area contributed by atoms with Gasteiger partial charge >= 0.3 is 0 Å². The molecule has 11 heteroatoms. The number of aromatic nitrogens is 2. The molecule has 210 valence electrons. The number of benzene rings is 3. The van der Waals surface area contributed by atoms with Gasteiger partial charge in [-0.25, -0.2) is 0 Å². The highest BCUT2D eigenvalue weighted by Crippen LogP contribution is 2.54. The van der Waals surface area contributed by atoms with Crippen LogP contribution in [0.15, 0.2) is 48.5 Å². The number of halogens is 3. The molecule has 5 heterocycles. The standard InChI is InChI=1S/C30H25Cl3N4O4/c1-29-26(40-3)19(35(2)28(39)30(31,32)33)12-20(41-29)36-17-10-6-4-8-14(17)22-23-16(13-34-27(23)38)21-15-9-5-7-11-18(15)37(29)25(21)24(22)36/h4-11,19-20,26H,12-13H2,1-3H3,(H,34,38)/t19-,20-,26-,29+/m1/s1. The van der Waals surface area contributed by atoms with Crippen LogP contribution >= 0.6 is 34.8 Å². The number of hydrogen-bond acceptors (Lipinski definition) is 4. The van der Waals surface area contributed by atoms with Crippen LogP contribution < -0.4 is 5.32 Å². The van der Waals surface area contributed by atoms with Crippen molar-refractivity contribution in [2.75, 3.05) is 14.2 Å². The van der Waals surface area contributed by atoms with E-state index >= 15 is 0 Å². The lowest BCUT2D eigenvalue weighted by atomic mass is 9.91. The van der Waals surface area contributed by atoms with Gasteiger partial charge in [-0.1, -0.05) is 71.2 Å². The first-order chi connectivity index (χ1) is 19.6. The Morgan fingerprint density at radius 2 is 1.73 bits per heavy atom. The first-order valence-corrected chi connectivity index (χ1v) is 14.5. The van der Waals surface area contributed by atoms with Gasteiger partial charge in [0, 0.05) is 48.7 Å². The summed E-state index contributed by atoms with van der Waals surface area (Å²) in [6, 6.07) is 15.7. The highest BCUT2D eigenvalue weighted by atomic mass is 35.6. The Kier molecular flexibility index (Phi) is 5.20. The summed E-state index contributed by atoms with van der Waals surface area (Å²) in [4.78, 5) is 28.2. The monoisotopic (exact) mass is 610 g/mol. The van der Waals surface area contributed by atoms with Gasteiger partial charge in [-0.15, -0.1) is 0 Å². The van der Waals surface area contributed by atoms with Gasteiger partial charge in [-0.05, 0) is 24.6 Å². The molecule has 0 unspecified atom stereocenters. The fraction of sp³-hybridized carbons (Fsp3) is 0.333. The van der Waals surface area contributed by atoms with E-state index in [1.165, 1.54) is 4.90 Å². The fourth-order valence-corrected chi connectivity index (χ4v) is 8.14. The molecule has 2 amide bonds. The van der Waals surface area contributed by atoms with Crippen LogP contribution in [-0.4, -0.2) is 55.9 Å². The lowest BCUT2D eigenvalue weighted by Gasteiger charge is -2.50. The third-order valence-electron chi connectivity index (χ3n) is 9.26. The van der Waals surface area contributed by atoms with Crippen molar-refractivity contribution in [1.82, 2.24) is 19.4 Å². The summed E-state index contributed by atoms with van der Waals surface area (Å²) in [5.74, 6) is -0.725. The Balaban J connectivity index is 1.58. The third kappa shape index (κ3) is 3.09. The van der Waals surface area contributed by atoms with E-state index < -0.39 is 33.8 Å². The number of ether oxygens (including phenoxy) is 2. The number of methoxy groups -OCH3 is 1. The molecule has 1 N–H and O–H groups in total. The molecule has 2 bridgehead atoms. The van der Waals surface area contributed by atoms with Crippen LogP contribution in [0.4, 0.5) is 0 Å². The van der Waals surface area contributed by atoms with Crippen molar-refractivity contribution in [3.05, 3.63) is 59.7 Å². The molecule has 3 aromatic carbocycles. The second kappa shape index (κ2) is 8.30. The SMILES string of the molecule is CO[C@@H]1[C@H](N(C)C(=O)C(Cl)(Cl)Cl)C[C@H]2O[C@]1(C)n1c3ccccc3c3c4c(c5c6ccccc6n2c5c31)C(=O)NC4. The zero-order valence-corrected chi connectivity index (χ0v) is 24.6. The minimum absolute atomic E-state index is 0.0818. The van der Waals surface area contributed by atoms with E-state index in [-0.39, 0.29) is 5.91 Å². The first kappa shape index (κ1) is 25.7. The summed E-state index contributed by atoms with van der Waals surface area (Å²) in [6.45, 7) is 2.43. The van der Waals surface area contributed by atoms with E-state index in [0.29, 0.717) is 18.5 Å². The zero-order valence-electron chi connectivity index (χ0n) is 22.4. The number of para-hydroxylation sites is 2. The van der Waals surface area contributed by atoms with Crippen LogP contribution in [0.3, 0.4) is 0 Å². The van der Waals surface area contributed by atoms with Crippen LogP contribution in [0, 0.1) is 0 Å². The molecule has 1 saturated heterocycles. The van der Waals surface area contributed by atoms with E-state index in [4.69, 9.17) is 44.3 Å². The van der Waals surface area contributed by atoms with Gasteiger partial charge in [0.1, 0.15) is 12.3 Å². The Morgan fingerprint density at radius 1 is 1.07 bits per heavy atom. The van der Waals surface area contributed by atoms with Gasteiger partial charge in [-0.3, -0.25) is 9.59 Å². The predicted octanol–water partition coefficient (Wildman–Crippen LogP) is 5.96. The molecule has 3 aliphatic rings. The van der Waals surface area contributed by atoms with Gasteiger partial charge in [0.05, 0.1) is 33.7 Å². The first-order valence-electron chi connectivity index (χ1n) is 13.4. The molecule has 4 atom stereocenters. The smallest absolute Gasteiger partial charge is 0.274 e. The average Bonchev–Trinajstić information content (AvgIpc) is 3.59. The average molecular weight is 612 g/mol. The quantitative estimate of drug-likeness (QED) is 0.250. The summed E-state index contributed by atoms with van der Waals surface area (Å²) in [7, 11) is 3.25. The van der Waals surface area contributed by atoms with Crippen molar-refractivity contribution in [2.45, 2.75) is 47.8 Å². The number of hydrogen-bond donors (Lipinski definition) is 1. The second-order valence-electron chi connectivity index (χ2n) is 11.2. The van der Waals surface area contributed by atoms with E-state index in [0.717, 1.165) is 49.2 Å². The number of alkyl halides is 3. The maximum Gasteiger partial charge on any atom is 0.274 e. The number of carbonyl (C=O) groups is 2. The van der Waals surface area contributed by atoms with Crippen LogP contribution in [-0.2, 0) is 26.5 Å². The molecule has 5 aromatic rings. The van der Waals surface area contributed by atoms with Crippen molar-refractivity contribution in [2.24, 2.45) is 0 Å². The summed E-state index contributed by atoms with van der Waals surface area (Å²) in [5, 5.41) is 6.99. The molecule has 3 aliphatic heterocycles. The topological polar surface area (TPSA) is 77.7 Å². The molecule has 2 aromatic heterocycles. The van der Waals surface area contributed by atoms with Crippen molar-refractivity contribution in [3.63, 3.8) is 0 Å². The molecular weight excluding hydrogens is 587 g/mol. The number of amides is 2. The summed E-state index contributed by atoms with van der Waals surface area (Å²) in [6.07, 6.45) is -0.773. The zero-order chi connectivity index (χ0) is 28.6. The minimum Gasteiger partial charge on any atom is -0.374 e. The molecular formula is C30H25Cl3N4O4. The number of likely N-dealkylation sites (N-methyl/N-ethyl adjacent to an activating group) is 1. The lowest BCUT2D eigenvalue weighted by Crippen LogP contribution is -2.62. The highest BCUT2D eigenvalue weighted by molar-refractivity contribution is 6.76. The number of nitrogens with one attached hydrogen (secondary N) is 1. The van der Waals surface area contributed by atoms with E-state index in [1.54, 1.807) is 14.2 Å². The van der Waals surface area contributed by atoms with Crippen molar-refractivity contribution in [3.8, 4) is 0 Å². The molecule has 8 nitrogen and oxygen atoms in total. The van der Waals surface area contributed by atoms with Crippen LogP contribution in [0.2, 0.25) is 0 Å². The molecule has 0 aliphatic carbocycles. The van der Waals surface area contributed by atoms with Gasteiger partial charge in [0.2, 0.25) is 0 Å². The largest absolute Gasteiger partial charge is 0.374 e. The maximum absolute atomic E-state index is 13.5. The molecule has 0 saturated carbocycles. The minimum atomic E-state index is -2.13. The molecule has 41 heavy (non-hydrogen) atoms. The van der Waals surface area contributed by atoms with Crippen LogP contribution in [0.25, 0.3) is 43.6 Å². The number of nitrogens with zero attached hydrogens (tertiary/aromatic N) is 3. The fourth-order valence-electron chi connectivity index (χ4n) is 7.74. The van der Waals surface area contributed by atoms with Gasteiger partial charge in [0.25, 0.3) is 15.6 Å². The third-order valence-corrected chi connectivity index (χ3v) is 9.74. The van der Waals surface area contributed by atoms with Crippen molar-refractivity contribution in [1.29, 1.82) is 0 Å². The number of fused-ring (bicyclic) bond motifs is 13. The van der Waals surface area contributed by atoms with Crippen LogP contribution in [0.1, 0.15) is 35.5 Å². The molecule has 8 rings (SSSR count). The molecule has 0 spiro atoms. The lowest BCUT2D eigenvalue weighted by molar-refractivity contribution is -0.266. The van der Waals surface area contributed by atoms with E-state index in [2.05, 4.69) is 32.7 Å². The van der Waals surface area contributed by atoms with Crippen molar-refractivity contribution >= 4 is 90.2 Å². The number of rotatable bonds is 2. The molecule has 0 radical (unpaired) electrons. The van der Waals surface area contributed by atoms with E-state index in [9.17, 15) is 9.59 Å². The Hall–Kier alpha value is -3.01. The predicted molar refractivity (Wildman–Crippen MR) is 160 cm³/mol. The number of carbonyl (C=O) groups excluding carboxylic acids is 2. The second-order valence-corrected chi connectivity index (χ2v) is 13.5. The van der Waals surface area contributed by atoms with Gasteiger partial charge in [-0.2, -0.15) is 0 Å². The Morgan fingerprint density at radius 3 is 2.41 bits per heavy atom. The summed E-state index contributed by atoms with van der Waals surface area (Å²) >= 11 is 18.3. The van der Waals surface area contributed by atoms with Crippen LogP contribution in [0.5, 0.6) is 0 Å². The maximum atomic E-state index is 13.5. The Labute approximate surface area is 249 Å². The highest BCUT2D eigenvalue weighted by Gasteiger charge is 2.56. The summed E-state index contributed by atoms with van der Waals surface area (Å²) in [5.41, 5.74) is 4.37. The summed E-state index contributed by atoms with van der Waals surface area (Å²) < 4.78 is 15.6. The Bertz CT molecular complexity index is 1990. The molecule has 1 fully saturated rings. The normalized spacial score (nSPS) is 25.3. The van der Waals surface area contributed by atoms with Gasteiger partial charge < -0.3 is 28.8 Å².